The fraction of sp³-hybridized carbons (Fsp3) is 0.556. The van der Waals surface area contributed by atoms with Crippen LogP contribution < -0.4 is 5.32 Å². The summed E-state index contributed by atoms with van der Waals surface area (Å²) in [6.45, 7) is 10.3. The Morgan fingerprint density at radius 2 is 2.17 bits per heavy atom. The smallest absolute Gasteiger partial charge is 0.238 e. The lowest BCUT2D eigenvalue weighted by atomic mass is 10.2. The van der Waals surface area contributed by atoms with Crippen molar-refractivity contribution < 1.29 is 4.79 Å². The molecule has 0 unspecified atom stereocenters. The van der Waals surface area contributed by atoms with Gasteiger partial charge in [-0.3, -0.25) is 14.4 Å². The zero-order chi connectivity index (χ0) is 17.3. The summed E-state index contributed by atoms with van der Waals surface area (Å²) in [5.74, 6) is 0.0537. The van der Waals surface area contributed by atoms with Gasteiger partial charge in [0.1, 0.15) is 0 Å². The van der Waals surface area contributed by atoms with Crippen molar-refractivity contribution in [1.29, 1.82) is 0 Å². The second kappa shape index (κ2) is 7.07. The van der Waals surface area contributed by atoms with E-state index in [-0.39, 0.29) is 5.91 Å². The van der Waals surface area contributed by atoms with Crippen molar-refractivity contribution in [3.63, 3.8) is 0 Å². The number of nitrogens with zero attached hydrogens (tertiary/aromatic N) is 3. The number of carbonyl (C=O) groups excluding carboxylic acids is 1. The first kappa shape index (κ1) is 17.2. The first-order valence-corrected chi connectivity index (χ1v) is 9.48. The fourth-order valence-corrected chi connectivity index (χ4v) is 3.98. The second-order valence-electron chi connectivity index (χ2n) is 6.57. The van der Waals surface area contributed by atoms with Crippen LogP contribution in [0.5, 0.6) is 0 Å². The summed E-state index contributed by atoms with van der Waals surface area (Å²) in [6.07, 6.45) is 2.40. The number of rotatable bonds is 7. The van der Waals surface area contributed by atoms with Crippen molar-refractivity contribution >= 4 is 22.9 Å². The topological polar surface area (TPSA) is 50.2 Å². The van der Waals surface area contributed by atoms with Gasteiger partial charge >= 0.3 is 0 Å². The number of anilines is 1. The summed E-state index contributed by atoms with van der Waals surface area (Å²) in [5.41, 5.74) is 4.09. The van der Waals surface area contributed by atoms with Crippen molar-refractivity contribution in [1.82, 2.24) is 14.7 Å². The van der Waals surface area contributed by atoms with Crippen LogP contribution in [0.4, 0.5) is 5.69 Å². The highest BCUT2D eigenvalue weighted by molar-refractivity contribution is 7.10. The molecule has 1 fully saturated rings. The summed E-state index contributed by atoms with van der Waals surface area (Å²) >= 11 is 1.78. The van der Waals surface area contributed by atoms with Crippen LogP contribution in [0.25, 0.3) is 0 Å². The van der Waals surface area contributed by atoms with Crippen molar-refractivity contribution in [3.8, 4) is 0 Å². The summed E-state index contributed by atoms with van der Waals surface area (Å²) in [6, 6.07) is 2.70. The third kappa shape index (κ3) is 3.70. The number of nitrogens with one attached hydrogen (secondary N) is 1. The zero-order valence-electron chi connectivity index (χ0n) is 14.9. The van der Waals surface area contributed by atoms with Crippen LogP contribution in [0, 0.1) is 20.8 Å². The SMILES string of the molecule is CCn1nc(C)c(NC(=O)CN(Cc2sccc2C)C2CC2)c1C. The Balaban J connectivity index is 1.66. The first-order chi connectivity index (χ1) is 11.5. The van der Waals surface area contributed by atoms with Gasteiger partial charge in [0.25, 0.3) is 0 Å². The lowest BCUT2D eigenvalue weighted by Crippen LogP contribution is -2.34. The second-order valence-corrected chi connectivity index (χ2v) is 7.57. The minimum atomic E-state index is 0.0537. The Labute approximate surface area is 147 Å². The minimum Gasteiger partial charge on any atom is -0.322 e. The van der Waals surface area contributed by atoms with E-state index >= 15 is 0 Å². The van der Waals surface area contributed by atoms with E-state index in [9.17, 15) is 4.79 Å². The molecule has 1 aliphatic carbocycles. The highest BCUT2D eigenvalue weighted by atomic mass is 32.1. The molecule has 1 saturated carbocycles. The highest BCUT2D eigenvalue weighted by Crippen LogP contribution is 2.30. The lowest BCUT2D eigenvalue weighted by Gasteiger charge is -2.21. The molecule has 0 bridgehead atoms. The molecule has 0 aromatic carbocycles. The van der Waals surface area contributed by atoms with E-state index in [1.807, 2.05) is 18.5 Å². The molecule has 24 heavy (non-hydrogen) atoms. The molecule has 0 aliphatic heterocycles. The molecule has 0 radical (unpaired) electrons. The number of aryl methyl sites for hydroxylation is 3. The quantitative estimate of drug-likeness (QED) is 0.835. The van der Waals surface area contributed by atoms with Gasteiger partial charge in [-0.05, 0) is 57.5 Å². The third-order valence-electron chi connectivity index (χ3n) is 4.67. The average molecular weight is 347 g/mol. The van der Waals surface area contributed by atoms with Crippen LogP contribution in [0.15, 0.2) is 11.4 Å². The molecule has 0 spiro atoms. The molecule has 2 aromatic rings. The van der Waals surface area contributed by atoms with E-state index in [0.29, 0.717) is 12.6 Å². The largest absolute Gasteiger partial charge is 0.322 e. The Kier molecular flexibility index (Phi) is 5.06. The number of aromatic nitrogens is 2. The summed E-state index contributed by atoms with van der Waals surface area (Å²) in [4.78, 5) is 16.3. The van der Waals surface area contributed by atoms with Gasteiger partial charge in [-0.25, -0.2) is 0 Å². The number of amides is 1. The first-order valence-electron chi connectivity index (χ1n) is 8.60. The Morgan fingerprint density at radius 3 is 2.71 bits per heavy atom. The van der Waals surface area contributed by atoms with E-state index in [1.54, 1.807) is 11.3 Å². The fourth-order valence-electron chi connectivity index (χ4n) is 3.05. The number of thiophene rings is 1. The van der Waals surface area contributed by atoms with Crippen LogP contribution in [-0.2, 0) is 17.9 Å². The molecule has 0 saturated heterocycles. The molecule has 2 heterocycles. The van der Waals surface area contributed by atoms with Crippen LogP contribution >= 0.6 is 11.3 Å². The average Bonchev–Trinajstić information content (AvgIpc) is 3.27. The molecule has 130 valence electrons. The molecular formula is C18H26N4OS. The van der Waals surface area contributed by atoms with Gasteiger partial charge < -0.3 is 5.32 Å². The van der Waals surface area contributed by atoms with E-state index in [2.05, 4.69) is 40.6 Å². The van der Waals surface area contributed by atoms with E-state index in [0.717, 1.165) is 30.2 Å². The minimum absolute atomic E-state index is 0.0537. The van der Waals surface area contributed by atoms with Gasteiger partial charge in [0, 0.05) is 24.0 Å². The maximum absolute atomic E-state index is 12.6. The highest BCUT2D eigenvalue weighted by Gasteiger charge is 2.31. The number of carbonyl (C=O) groups is 1. The Hall–Kier alpha value is -1.66. The normalized spacial score (nSPS) is 14.4. The summed E-state index contributed by atoms with van der Waals surface area (Å²) < 4.78 is 1.93. The van der Waals surface area contributed by atoms with Crippen molar-refractivity contribution in [2.45, 2.75) is 59.7 Å². The maximum atomic E-state index is 12.6. The number of hydrogen-bond acceptors (Lipinski definition) is 4. The Morgan fingerprint density at radius 1 is 1.42 bits per heavy atom. The predicted octanol–water partition coefficient (Wildman–Crippen LogP) is 3.49. The molecule has 5 nitrogen and oxygen atoms in total. The summed E-state index contributed by atoms with van der Waals surface area (Å²) in [7, 11) is 0. The maximum Gasteiger partial charge on any atom is 0.238 e. The standard InChI is InChI=1S/C18H26N4OS/c1-5-22-14(4)18(13(3)20-22)19-17(23)11-21(15-6-7-15)10-16-12(2)8-9-24-16/h8-9,15H,5-7,10-11H2,1-4H3,(H,19,23). The van der Waals surface area contributed by atoms with Crippen molar-refractivity contribution in [2.75, 3.05) is 11.9 Å². The molecule has 1 aliphatic rings. The molecule has 3 rings (SSSR count). The molecule has 2 aromatic heterocycles. The van der Waals surface area contributed by atoms with Gasteiger partial charge in [0.15, 0.2) is 0 Å². The predicted molar refractivity (Wildman–Crippen MR) is 98.5 cm³/mol. The van der Waals surface area contributed by atoms with E-state index < -0.39 is 0 Å². The van der Waals surface area contributed by atoms with Crippen molar-refractivity contribution in [2.24, 2.45) is 0 Å². The van der Waals surface area contributed by atoms with E-state index in [4.69, 9.17) is 0 Å². The monoisotopic (exact) mass is 346 g/mol. The van der Waals surface area contributed by atoms with Crippen LogP contribution in [0.2, 0.25) is 0 Å². The molecule has 1 amide bonds. The molecule has 6 heteroatoms. The summed E-state index contributed by atoms with van der Waals surface area (Å²) in [5, 5.41) is 9.68. The van der Waals surface area contributed by atoms with E-state index in [1.165, 1.54) is 23.3 Å². The van der Waals surface area contributed by atoms with Gasteiger partial charge in [-0.2, -0.15) is 5.10 Å². The Bertz CT molecular complexity index is 729. The van der Waals surface area contributed by atoms with Gasteiger partial charge in [-0.15, -0.1) is 11.3 Å². The third-order valence-corrected chi connectivity index (χ3v) is 5.68. The van der Waals surface area contributed by atoms with Gasteiger partial charge in [-0.1, -0.05) is 0 Å². The zero-order valence-corrected chi connectivity index (χ0v) is 15.7. The van der Waals surface area contributed by atoms with Crippen LogP contribution in [0.3, 0.4) is 0 Å². The molecule has 0 atom stereocenters. The number of hydrogen-bond donors (Lipinski definition) is 1. The van der Waals surface area contributed by atoms with Crippen LogP contribution in [-0.4, -0.2) is 33.2 Å². The van der Waals surface area contributed by atoms with Gasteiger partial charge in [0.05, 0.1) is 23.6 Å². The van der Waals surface area contributed by atoms with Crippen LogP contribution in [0.1, 0.15) is 41.6 Å². The molecule has 1 N–H and O–H groups in total. The van der Waals surface area contributed by atoms with Gasteiger partial charge in [0.2, 0.25) is 5.91 Å². The lowest BCUT2D eigenvalue weighted by molar-refractivity contribution is -0.117. The van der Waals surface area contributed by atoms with Crippen molar-refractivity contribution in [3.05, 3.63) is 33.3 Å². The molecular weight excluding hydrogens is 320 g/mol.